The average Bonchev–Trinajstić information content (AvgIpc) is 2.33. The predicted molar refractivity (Wildman–Crippen MR) is 67.0 cm³/mol. The van der Waals surface area contributed by atoms with Crippen LogP contribution in [-0.2, 0) is 20.5 Å². The Morgan fingerprint density at radius 1 is 1.17 bits per heavy atom. The number of nitrogens with zero attached hydrogens (tertiary/aromatic N) is 2. The maximum atomic E-state index is 12.1. The molecule has 2 heterocycles. The van der Waals surface area contributed by atoms with Crippen LogP contribution in [-0.4, -0.2) is 9.13 Å². The Kier molecular flexibility index (Phi) is 2.94. The molecule has 0 saturated carbocycles. The van der Waals surface area contributed by atoms with Gasteiger partial charge in [0.25, 0.3) is 5.56 Å². The fraction of sp³-hybridized carbons (Fsp3) is 0.417. The van der Waals surface area contributed by atoms with E-state index in [0.29, 0.717) is 17.4 Å². The minimum absolute atomic E-state index is 0.0408. The molecule has 0 aromatic carbocycles. The van der Waals surface area contributed by atoms with E-state index in [-0.39, 0.29) is 5.71 Å². The molecule has 6 nitrogen and oxygen atoms in total. The molecule has 0 radical (unpaired) electrons. The molecule has 0 fully saturated rings. The van der Waals surface area contributed by atoms with Gasteiger partial charge in [0.05, 0.1) is 0 Å². The van der Waals surface area contributed by atoms with Crippen molar-refractivity contribution in [3.05, 3.63) is 42.9 Å². The lowest BCUT2D eigenvalue weighted by Gasteiger charge is -2.08. The summed E-state index contributed by atoms with van der Waals surface area (Å²) >= 11 is 0. The molecular weight excluding hydrogens is 236 g/mol. The second-order valence-electron chi connectivity index (χ2n) is 4.23. The predicted octanol–water partition coefficient (Wildman–Crippen LogP) is 0.143. The number of rotatable bonds is 2. The number of aromatic nitrogens is 2. The SMILES string of the molecule is CCCc1cc(=O)oc2c1c(=O)n(C)c(=O)n2C. The quantitative estimate of drug-likeness (QED) is 0.760. The molecule has 2 aromatic rings. The zero-order valence-corrected chi connectivity index (χ0v) is 10.5. The van der Waals surface area contributed by atoms with Crippen LogP contribution in [0.1, 0.15) is 18.9 Å². The van der Waals surface area contributed by atoms with E-state index >= 15 is 0 Å². The van der Waals surface area contributed by atoms with Crippen molar-refractivity contribution in [1.82, 2.24) is 9.13 Å². The maximum absolute atomic E-state index is 12.1. The van der Waals surface area contributed by atoms with E-state index in [9.17, 15) is 14.4 Å². The van der Waals surface area contributed by atoms with Crippen molar-refractivity contribution >= 4 is 11.1 Å². The van der Waals surface area contributed by atoms with Gasteiger partial charge in [-0.1, -0.05) is 13.3 Å². The highest BCUT2D eigenvalue weighted by Gasteiger charge is 2.15. The Hall–Kier alpha value is -2.11. The first-order valence-electron chi connectivity index (χ1n) is 5.70. The third-order valence-electron chi connectivity index (χ3n) is 2.94. The Morgan fingerprint density at radius 2 is 1.83 bits per heavy atom. The molecule has 0 saturated heterocycles. The Balaban J connectivity index is 3.10. The number of hydrogen-bond donors (Lipinski definition) is 0. The van der Waals surface area contributed by atoms with E-state index in [0.717, 1.165) is 11.0 Å². The molecule has 6 heteroatoms. The Morgan fingerprint density at radius 3 is 2.44 bits per heavy atom. The largest absolute Gasteiger partial charge is 0.405 e. The van der Waals surface area contributed by atoms with Crippen LogP contribution in [0.3, 0.4) is 0 Å². The third kappa shape index (κ3) is 1.70. The van der Waals surface area contributed by atoms with Crippen LogP contribution >= 0.6 is 0 Å². The fourth-order valence-electron chi connectivity index (χ4n) is 2.03. The molecule has 0 atom stereocenters. The first kappa shape index (κ1) is 12.3. The molecule has 2 rings (SSSR count). The fourth-order valence-corrected chi connectivity index (χ4v) is 2.03. The summed E-state index contributed by atoms with van der Waals surface area (Å²) < 4.78 is 7.18. The third-order valence-corrected chi connectivity index (χ3v) is 2.94. The second kappa shape index (κ2) is 4.29. The highest BCUT2D eigenvalue weighted by molar-refractivity contribution is 5.75. The summed E-state index contributed by atoms with van der Waals surface area (Å²) in [7, 11) is 2.88. The summed E-state index contributed by atoms with van der Waals surface area (Å²) in [6, 6.07) is 1.32. The minimum atomic E-state index is -0.547. The lowest BCUT2D eigenvalue weighted by molar-refractivity contribution is 0.516. The van der Waals surface area contributed by atoms with Crippen LogP contribution < -0.4 is 16.9 Å². The van der Waals surface area contributed by atoms with Crippen LogP contribution in [0.5, 0.6) is 0 Å². The van der Waals surface area contributed by atoms with Crippen molar-refractivity contribution in [3.63, 3.8) is 0 Å². The molecule has 0 unspecified atom stereocenters. The van der Waals surface area contributed by atoms with Gasteiger partial charge in [0, 0.05) is 20.2 Å². The molecule has 0 aliphatic rings. The lowest BCUT2D eigenvalue weighted by atomic mass is 10.1. The first-order chi connectivity index (χ1) is 8.47. The van der Waals surface area contributed by atoms with Gasteiger partial charge in [0.15, 0.2) is 0 Å². The van der Waals surface area contributed by atoms with E-state index in [4.69, 9.17) is 4.42 Å². The summed E-state index contributed by atoms with van der Waals surface area (Å²) in [6.45, 7) is 1.95. The van der Waals surface area contributed by atoms with Gasteiger partial charge in [-0.2, -0.15) is 0 Å². The highest BCUT2D eigenvalue weighted by Crippen LogP contribution is 2.12. The van der Waals surface area contributed by atoms with Gasteiger partial charge in [0.1, 0.15) is 5.39 Å². The van der Waals surface area contributed by atoms with Crippen LogP contribution in [0.4, 0.5) is 0 Å². The molecule has 0 N–H and O–H groups in total. The number of fused-ring (bicyclic) bond motifs is 1. The molecule has 2 aromatic heterocycles. The molecule has 0 bridgehead atoms. The summed E-state index contributed by atoms with van der Waals surface area (Å²) in [6.07, 6.45) is 1.39. The topological polar surface area (TPSA) is 74.2 Å². The minimum Gasteiger partial charge on any atom is -0.405 e. The van der Waals surface area contributed by atoms with Crippen LogP contribution in [0.15, 0.2) is 24.9 Å². The standard InChI is InChI=1S/C12H14N2O4/c1-4-5-7-6-8(15)18-11-9(7)10(16)13(2)12(17)14(11)3/h6H,4-5H2,1-3H3. The van der Waals surface area contributed by atoms with E-state index in [2.05, 4.69) is 0 Å². The van der Waals surface area contributed by atoms with Gasteiger partial charge >= 0.3 is 11.3 Å². The molecule has 0 aliphatic heterocycles. The number of aryl methyl sites for hydroxylation is 2. The van der Waals surface area contributed by atoms with Gasteiger partial charge in [0.2, 0.25) is 5.71 Å². The molecule has 96 valence electrons. The molecule has 0 amide bonds. The monoisotopic (exact) mass is 250 g/mol. The van der Waals surface area contributed by atoms with Crippen LogP contribution in [0, 0.1) is 0 Å². The van der Waals surface area contributed by atoms with Crippen molar-refractivity contribution in [1.29, 1.82) is 0 Å². The van der Waals surface area contributed by atoms with Gasteiger partial charge in [-0.15, -0.1) is 0 Å². The van der Waals surface area contributed by atoms with Crippen molar-refractivity contribution in [2.75, 3.05) is 0 Å². The normalized spacial score (nSPS) is 11.1. The average molecular weight is 250 g/mol. The molecule has 18 heavy (non-hydrogen) atoms. The zero-order valence-electron chi connectivity index (χ0n) is 10.5. The van der Waals surface area contributed by atoms with Crippen molar-refractivity contribution in [2.24, 2.45) is 14.1 Å². The van der Waals surface area contributed by atoms with Gasteiger partial charge < -0.3 is 4.42 Å². The molecule has 0 aliphatic carbocycles. The van der Waals surface area contributed by atoms with E-state index in [1.807, 2.05) is 6.92 Å². The van der Waals surface area contributed by atoms with E-state index in [1.165, 1.54) is 24.7 Å². The second-order valence-corrected chi connectivity index (χ2v) is 4.23. The summed E-state index contributed by atoms with van der Waals surface area (Å²) in [5.74, 6) is 0. The zero-order chi connectivity index (χ0) is 13.4. The number of hydrogen-bond acceptors (Lipinski definition) is 4. The summed E-state index contributed by atoms with van der Waals surface area (Å²) in [5, 5.41) is 0.307. The summed E-state index contributed by atoms with van der Waals surface area (Å²) in [5.41, 5.74) is -0.821. The molecular formula is C12H14N2O4. The van der Waals surface area contributed by atoms with Gasteiger partial charge in [-0.05, 0) is 12.0 Å². The Labute approximate surface area is 102 Å². The summed E-state index contributed by atoms with van der Waals surface area (Å²) in [4.78, 5) is 35.3. The maximum Gasteiger partial charge on any atom is 0.337 e. The smallest absolute Gasteiger partial charge is 0.337 e. The van der Waals surface area contributed by atoms with Gasteiger partial charge in [-0.3, -0.25) is 13.9 Å². The van der Waals surface area contributed by atoms with Crippen LogP contribution in [0.2, 0.25) is 0 Å². The van der Waals surface area contributed by atoms with Crippen molar-refractivity contribution in [3.8, 4) is 0 Å². The highest BCUT2D eigenvalue weighted by atomic mass is 16.4. The molecule has 0 spiro atoms. The van der Waals surface area contributed by atoms with Crippen LogP contribution in [0.25, 0.3) is 11.1 Å². The van der Waals surface area contributed by atoms with Crippen molar-refractivity contribution < 1.29 is 4.42 Å². The Bertz CT molecular complexity index is 779. The van der Waals surface area contributed by atoms with E-state index < -0.39 is 16.9 Å². The first-order valence-corrected chi connectivity index (χ1v) is 5.70. The van der Waals surface area contributed by atoms with Crippen molar-refractivity contribution in [2.45, 2.75) is 19.8 Å². The van der Waals surface area contributed by atoms with Gasteiger partial charge in [-0.25, -0.2) is 9.59 Å². The van der Waals surface area contributed by atoms with E-state index in [1.54, 1.807) is 0 Å². The lowest BCUT2D eigenvalue weighted by Crippen LogP contribution is -2.37.